The van der Waals surface area contributed by atoms with E-state index in [1.807, 2.05) is 41.6 Å². The van der Waals surface area contributed by atoms with Crippen LogP contribution in [0.1, 0.15) is 12.8 Å². The van der Waals surface area contributed by atoms with Gasteiger partial charge in [0.25, 0.3) is 0 Å². The lowest BCUT2D eigenvalue weighted by atomic mass is 10.1. The molecule has 168 valence electrons. The van der Waals surface area contributed by atoms with Crippen LogP contribution in [0.25, 0.3) is 33.6 Å². The van der Waals surface area contributed by atoms with E-state index in [4.69, 9.17) is 5.11 Å². The Morgan fingerprint density at radius 3 is 2.27 bits per heavy atom. The fraction of sp³-hybridized carbons (Fsp3) is 0.292. The third-order valence-corrected chi connectivity index (χ3v) is 5.79. The molecule has 1 saturated heterocycles. The lowest BCUT2D eigenvalue weighted by molar-refractivity contribution is -0.130. The van der Waals surface area contributed by atoms with Crippen molar-refractivity contribution in [1.29, 1.82) is 0 Å². The quantitative estimate of drug-likeness (QED) is 0.471. The molecule has 4 heterocycles. The number of aliphatic hydroxyl groups is 1. The van der Waals surface area contributed by atoms with Gasteiger partial charge in [-0.2, -0.15) is 10.2 Å². The van der Waals surface area contributed by atoms with E-state index in [1.165, 1.54) is 0 Å². The standard InChI is InChI=1S/C24H25N7O2/c32-9-8-30-15-21(13-27-30)18-4-3-5-19(10-18)24-25-11-20(12-26-24)22-14-28-31(16-22)17-23(33)29-6-1-2-7-29/h3-5,10-16,32H,1-2,6-9,17H2. The molecule has 1 aliphatic heterocycles. The van der Waals surface area contributed by atoms with Gasteiger partial charge in [-0.3, -0.25) is 14.2 Å². The van der Waals surface area contributed by atoms with E-state index in [0.717, 1.165) is 53.7 Å². The molecular formula is C24H25N7O2. The predicted molar refractivity (Wildman–Crippen MR) is 123 cm³/mol. The number of aromatic nitrogens is 6. The number of nitrogens with zero attached hydrogens (tertiary/aromatic N) is 7. The Morgan fingerprint density at radius 2 is 1.52 bits per heavy atom. The summed E-state index contributed by atoms with van der Waals surface area (Å²) in [4.78, 5) is 23.3. The van der Waals surface area contributed by atoms with Crippen molar-refractivity contribution in [2.75, 3.05) is 19.7 Å². The van der Waals surface area contributed by atoms with Gasteiger partial charge in [0, 0.05) is 60.1 Å². The van der Waals surface area contributed by atoms with Gasteiger partial charge < -0.3 is 10.0 Å². The van der Waals surface area contributed by atoms with Gasteiger partial charge in [0.05, 0.1) is 25.5 Å². The molecule has 0 radical (unpaired) electrons. The monoisotopic (exact) mass is 443 g/mol. The summed E-state index contributed by atoms with van der Waals surface area (Å²) in [7, 11) is 0. The molecule has 0 atom stereocenters. The molecule has 0 saturated carbocycles. The zero-order chi connectivity index (χ0) is 22.6. The van der Waals surface area contributed by atoms with Crippen molar-refractivity contribution in [3.63, 3.8) is 0 Å². The Morgan fingerprint density at radius 1 is 0.848 bits per heavy atom. The van der Waals surface area contributed by atoms with E-state index >= 15 is 0 Å². The van der Waals surface area contributed by atoms with Crippen LogP contribution in [0, 0.1) is 0 Å². The van der Waals surface area contributed by atoms with Crippen LogP contribution >= 0.6 is 0 Å². The van der Waals surface area contributed by atoms with E-state index in [9.17, 15) is 4.79 Å². The summed E-state index contributed by atoms with van der Waals surface area (Å²) in [5.41, 5.74) is 4.60. The highest BCUT2D eigenvalue weighted by Crippen LogP contribution is 2.25. The number of hydrogen-bond donors (Lipinski definition) is 1. The van der Waals surface area contributed by atoms with Crippen LogP contribution in [0.4, 0.5) is 0 Å². The highest BCUT2D eigenvalue weighted by atomic mass is 16.3. The summed E-state index contributed by atoms with van der Waals surface area (Å²) in [6, 6.07) is 7.97. The molecule has 5 rings (SSSR count). The minimum atomic E-state index is 0.0506. The average Bonchev–Trinajstić information content (AvgIpc) is 3.62. The summed E-state index contributed by atoms with van der Waals surface area (Å²) in [5.74, 6) is 0.732. The predicted octanol–water partition coefficient (Wildman–Crippen LogP) is 2.49. The molecule has 1 fully saturated rings. The van der Waals surface area contributed by atoms with Crippen LogP contribution in [0.2, 0.25) is 0 Å². The van der Waals surface area contributed by atoms with Crippen LogP contribution in [0.3, 0.4) is 0 Å². The van der Waals surface area contributed by atoms with E-state index in [1.54, 1.807) is 34.2 Å². The molecule has 0 unspecified atom stereocenters. The van der Waals surface area contributed by atoms with Crippen molar-refractivity contribution < 1.29 is 9.90 Å². The highest BCUT2D eigenvalue weighted by molar-refractivity contribution is 5.76. The summed E-state index contributed by atoms with van der Waals surface area (Å²) in [6.07, 6.45) is 13.0. The lowest BCUT2D eigenvalue weighted by Gasteiger charge is -2.14. The molecule has 1 N–H and O–H groups in total. The summed E-state index contributed by atoms with van der Waals surface area (Å²) in [6.45, 7) is 2.45. The van der Waals surface area contributed by atoms with Crippen LogP contribution in [0.5, 0.6) is 0 Å². The van der Waals surface area contributed by atoms with Gasteiger partial charge >= 0.3 is 0 Å². The van der Waals surface area contributed by atoms with Gasteiger partial charge in [-0.05, 0) is 24.5 Å². The molecule has 0 aliphatic carbocycles. The molecular weight excluding hydrogens is 418 g/mol. The van der Waals surface area contributed by atoms with Gasteiger partial charge in [-0.1, -0.05) is 18.2 Å². The maximum absolute atomic E-state index is 12.3. The number of benzene rings is 1. The first-order chi connectivity index (χ1) is 16.2. The first-order valence-corrected chi connectivity index (χ1v) is 11.1. The van der Waals surface area contributed by atoms with Crippen molar-refractivity contribution in [3.05, 3.63) is 61.4 Å². The van der Waals surface area contributed by atoms with Crippen molar-refractivity contribution in [3.8, 4) is 33.6 Å². The Labute approximate surface area is 191 Å². The fourth-order valence-corrected chi connectivity index (χ4v) is 4.01. The Hall–Kier alpha value is -3.85. The smallest absolute Gasteiger partial charge is 0.244 e. The first kappa shape index (κ1) is 21.0. The van der Waals surface area contributed by atoms with Gasteiger partial charge in [0.15, 0.2) is 5.82 Å². The highest BCUT2D eigenvalue weighted by Gasteiger charge is 2.18. The van der Waals surface area contributed by atoms with E-state index < -0.39 is 0 Å². The topological polar surface area (TPSA) is 102 Å². The zero-order valence-electron chi connectivity index (χ0n) is 18.2. The molecule has 1 aromatic carbocycles. The van der Waals surface area contributed by atoms with Crippen molar-refractivity contribution in [1.82, 2.24) is 34.4 Å². The van der Waals surface area contributed by atoms with Gasteiger partial charge in [-0.25, -0.2) is 9.97 Å². The Kier molecular flexibility index (Phi) is 5.95. The van der Waals surface area contributed by atoms with Gasteiger partial charge in [0.1, 0.15) is 6.54 Å². The number of hydrogen-bond acceptors (Lipinski definition) is 6. The van der Waals surface area contributed by atoms with E-state index in [-0.39, 0.29) is 19.1 Å². The van der Waals surface area contributed by atoms with E-state index in [2.05, 4.69) is 20.2 Å². The number of carbonyl (C=O) groups excluding carboxylic acids is 1. The second-order valence-electron chi connectivity index (χ2n) is 8.11. The lowest BCUT2D eigenvalue weighted by Crippen LogP contribution is -2.31. The molecule has 0 bridgehead atoms. The van der Waals surface area contributed by atoms with Gasteiger partial charge in [0.2, 0.25) is 5.91 Å². The van der Waals surface area contributed by atoms with Crippen molar-refractivity contribution in [2.45, 2.75) is 25.9 Å². The SMILES string of the molecule is O=C(Cn1cc(-c2cnc(-c3cccc(-c4cnn(CCO)c4)c3)nc2)cn1)N1CCCC1. The van der Waals surface area contributed by atoms with Crippen LogP contribution in [-0.2, 0) is 17.9 Å². The number of rotatable bonds is 7. The third kappa shape index (κ3) is 4.68. The maximum Gasteiger partial charge on any atom is 0.244 e. The van der Waals surface area contributed by atoms with Crippen molar-refractivity contribution >= 4 is 5.91 Å². The summed E-state index contributed by atoms with van der Waals surface area (Å²) >= 11 is 0. The Bertz CT molecular complexity index is 1240. The largest absolute Gasteiger partial charge is 0.394 e. The minimum absolute atomic E-state index is 0.0506. The number of likely N-dealkylation sites (tertiary alicyclic amines) is 1. The molecule has 3 aromatic heterocycles. The normalized spacial score (nSPS) is 13.5. The maximum atomic E-state index is 12.3. The number of amides is 1. The third-order valence-electron chi connectivity index (χ3n) is 5.79. The molecule has 1 aliphatic rings. The second-order valence-corrected chi connectivity index (χ2v) is 8.11. The van der Waals surface area contributed by atoms with Crippen LogP contribution < -0.4 is 0 Å². The molecule has 1 amide bonds. The van der Waals surface area contributed by atoms with Crippen LogP contribution in [-0.4, -0.2) is 65.1 Å². The second kappa shape index (κ2) is 9.33. The molecule has 0 spiro atoms. The zero-order valence-corrected chi connectivity index (χ0v) is 18.2. The minimum Gasteiger partial charge on any atom is -0.394 e. The Balaban J connectivity index is 1.30. The fourth-order valence-electron chi connectivity index (χ4n) is 4.01. The summed E-state index contributed by atoms with van der Waals surface area (Å²) < 4.78 is 3.39. The summed E-state index contributed by atoms with van der Waals surface area (Å²) in [5, 5.41) is 17.7. The number of aliphatic hydroxyl groups excluding tert-OH is 1. The van der Waals surface area contributed by atoms with E-state index in [0.29, 0.717) is 12.4 Å². The van der Waals surface area contributed by atoms with Crippen molar-refractivity contribution in [2.24, 2.45) is 0 Å². The molecule has 9 nitrogen and oxygen atoms in total. The number of carbonyl (C=O) groups is 1. The molecule has 9 heteroatoms. The van der Waals surface area contributed by atoms with Crippen LogP contribution in [0.15, 0.2) is 61.4 Å². The molecule has 4 aromatic rings. The molecule has 33 heavy (non-hydrogen) atoms. The average molecular weight is 444 g/mol. The first-order valence-electron chi connectivity index (χ1n) is 11.1. The van der Waals surface area contributed by atoms with Gasteiger partial charge in [-0.15, -0.1) is 0 Å².